The molecule has 2 rings (SSSR count). The largest absolute Gasteiger partial charge is 0.639 e. The first-order valence-corrected chi connectivity index (χ1v) is 5.93. The van der Waals surface area contributed by atoms with Crippen LogP contribution in [-0.2, 0) is 18.9 Å². The third kappa shape index (κ3) is 3.25. The van der Waals surface area contributed by atoms with Gasteiger partial charge in [0.2, 0.25) is 0 Å². The normalized spacial score (nSPS) is 16.8. The van der Waals surface area contributed by atoms with Crippen molar-refractivity contribution in [2.45, 2.75) is 0 Å². The lowest BCUT2D eigenvalue weighted by Crippen LogP contribution is -2.49. The molecule has 9 heteroatoms. The minimum absolute atomic E-state index is 0.146. The lowest BCUT2D eigenvalue weighted by molar-refractivity contribution is -0.145. The highest BCUT2D eigenvalue weighted by molar-refractivity contribution is 6.64. The van der Waals surface area contributed by atoms with Gasteiger partial charge < -0.3 is 9.31 Å². The van der Waals surface area contributed by atoms with Gasteiger partial charge >= 0.3 is 19.1 Å². The molecule has 0 unspecified atom stereocenters. The van der Waals surface area contributed by atoms with Crippen LogP contribution in [0.25, 0.3) is 0 Å². The molecule has 1 saturated heterocycles. The van der Waals surface area contributed by atoms with Gasteiger partial charge in [-0.05, 0) is 13.1 Å². The number of hydrogen-bond acceptors (Lipinski definition) is 6. The van der Waals surface area contributed by atoms with E-state index >= 15 is 0 Å². The van der Waals surface area contributed by atoms with Gasteiger partial charge in [0.15, 0.2) is 17.9 Å². The maximum absolute atomic E-state index is 13.9. The first kappa shape index (κ1) is 15.1. The van der Waals surface area contributed by atoms with Crippen molar-refractivity contribution in [3.05, 3.63) is 29.3 Å². The fourth-order valence-electron chi connectivity index (χ4n) is 1.81. The number of rotatable bonds is 2. The second-order valence-corrected chi connectivity index (χ2v) is 4.47. The number of nitrogens with zero attached hydrogens (tertiary/aromatic N) is 1. The molecule has 0 atom stereocenters. The van der Waals surface area contributed by atoms with Crippen LogP contribution in [0.5, 0.6) is 0 Å². The van der Waals surface area contributed by atoms with E-state index in [1.54, 1.807) is 0 Å². The maximum Gasteiger partial charge on any atom is 0.639 e. The minimum atomic E-state index is -1.69. The molecule has 0 radical (unpaired) electrons. The van der Waals surface area contributed by atoms with E-state index in [1.807, 2.05) is 0 Å². The van der Waals surface area contributed by atoms with Crippen molar-refractivity contribution < 1.29 is 32.5 Å². The van der Waals surface area contributed by atoms with Gasteiger partial charge in [0.1, 0.15) is 0 Å². The van der Waals surface area contributed by atoms with Gasteiger partial charge in [0.25, 0.3) is 0 Å². The molecular weight excluding hydrogens is 287 g/mol. The van der Waals surface area contributed by atoms with Gasteiger partial charge in [0.05, 0.1) is 24.1 Å². The molecule has 1 aromatic rings. The summed E-state index contributed by atoms with van der Waals surface area (Å²) in [4.78, 5) is 34.9. The van der Waals surface area contributed by atoms with E-state index in [1.165, 1.54) is 11.9 Å². The summed E-state index contributed by atoms with van der Waals surface area (Å²) < 4.78 is 37.0. The molecule has 0 bridgehead atoms. The SMILES string of the molecule is CN1CC(=O)OB(c2ccc(C=O)c(F)c2F)OC(=O)C1. The average Bonchev–Trinajstić information content (AvgIpc) is 2.39. The molecule has 110 valence electrons. The Morgan fingerprint density at radius 3 is 2.24 bits per heavy atom. The van der Waals surface area contributed by atoms with Crippen molar-refractivity contribution in [3.8, 4) is 0 Å². The highest BCUT2D eigenvalue weighted by atomic mass is 19.2. The van der Waals surface area contributed by atoms with Gasteiger partial charge in [-0.3, -0.25) is 19.3 Å². The zero-order chi connectivity index (χ0) is 15.6. The fourth-order valence-corrected chi connectivity index (χ4v) is 1.81. The summed E-state index contributed by atoms with van der Waals surface area (Å²) in [7, 11) is -0.184. The summed E-state index contributed by atoms with van der Waals surface area (Å²) in [6.45, 7) is -0.385. The van der Waals surface area contributed by atoms with Crippen LogP contribution < -0.4 is 5.46 Å². The third-order valence-electron chi connectivity index (χ3n) is 2.80. The van der Waals surface area contributed by atoms with E-state index in [2.05, 4.69) is 0 Å². The van der Waals surface area contributed by atoms with Crippen LogP contribution in [0.1, 0.15) is 10.4 Å². The van der Waals surface area contributed by atoms with Gasteiger partial charge in [-0.2, -0.15) is 0 Å². The molecule has 1 aliphatic rings. The standard InChI is InChI=1S/C12H10BF2NO5/c1-16-4-9(18)20-13(21-10(19)5-16)8-3-2-7(6-17)11(14)12(8)15/h2-3,6H,4-5H2,1H3. The summed E-state index contributed by atoms with van der Waals surface area (Å²) in [6, 6.07) is 2.03. The molecule has 1 aromatic carbocycles. The zero-order valence-corrected chi connectivity index (χ0v) is 11.0. The Morgan fingerprint density at radius 2 is 1.71 bits per heavy atom. The fraction of sp³-hybridized carbons (Fsp3) is 0.250. The van der Waals surface area contributed by atoms with Crippen molar-refractivity contribution in [2.24, 2.45) is 0 Å². The maximum atomic E-state index is 13.9. The Balaban J connectivity index is 2.35. The molecule has 6 nitrogen and oxygen atoms in total. The number of aldehydes is 1. The van der Waals surface area contributed by atoms with E-state index in [-0.39, 0.29) is 19.4 Å². The topological polar surface area (TPSA) is 72.9 Å². The number of likely N-dealkylation sites (N-methyl/N-ethyl adjacent to an activating group) is 1. The molecule has 1 aliphatic heterocycles. The summed E-state index contributed by atoms with van der Waals surface area (Å²) >= 11 is 0. The highest BCUT2D eigenvalue weighted by Gasteiger charge is 2.37. The lowest BCUT2D eigenvalue weighted by atomic mass is 9.77. The van der Waals surface area contributed by atoms with E-state index in [9.17, 15) is 23.2 Å². The Labute approximate surface area is 118 Å². The number of benzene rings is 1. The second kappa shape index (κ2) is 6.00. The van der Waals surface area contributed by atoms with Crippen molar-refractivity contribution >= 4 is 30.8 Å². The van der Waals surface area contributed by atoms with Crippen molar-refractivity contribution in [1.29, 1.82) is 0 Å². The van der Waals surface area contributed by atoms with Crippen LogP contribution >= 0.6 is 0 Å². The lowest BCUT2D eigenvalue weighted by Gasteiger charge is -2.22. The Morgan fingerprint density at radius 1 is 1.14 bits per heavy atom. The van der Waals surface area contributed by atoms with Gasteiger partial charge in [-0.15, -0.1) is 0 Å². The van der Waals surface area contributed by atoms with Crippen LogP contribution in [0.2, 0.25) is 0 Å². The Hall–Kier alpha value is -2.29. The van der Waals surface area contributed by atoms with Crippen LogP contribution in [0.4, 0.5) is 8.78 Å². The van der Waals surface area contributed by atoms with E-state index < -0.39 is 41.7 Å². The van der Waals surface area contributed by atoms with Gasteiger partial charge in [-0.25, -0.2) is 8.78 Å². The minimum Gasteiger partial charge on any atom is -0.494 e. The van der Waals surface area contributed by atoms with Gasteiger partial charge in [0, 0.05) is 0 Å². The number of halogens is 2. The number of carbonyl (C=O) groups is 3. The van der Waals surface area contributed by atoms with Crippen molar-refractivity contribution in [3.63, 3.8) is 0 Å². The Kier molecular flexibility index (Phi) is 4.32. The van der Waals surface area contributed by atoms with Crippen molar-refractivity contribution in [2.75, 3.05) is 20.1 Å². The molecule has 21 heavy (non-hydrogen) atoms. The molecule has 0 amide bonds. The third-order valence-corrected chi connectivity index (χ3v) is 2.80. The van der Waals surface area contributed by atoms with Crippen LogP contribution in [0.15, 0.2) is 12.1 Å². The predicted octanol–water partition coefficient (Wildman–Crippen LogP) is -0.496. The zero-order valence-electron chi connectivity index (χ0n) is 11.0. The average molecular weight is 297 g/mol. The van der Waals surface area contributed by atoms with E-state index in [4.69, 9.17) is 9.31 Å². The van der Waals surface area contributed by atoms with E-state index in [0.29, 0.717) is 0 Å². The molecule has 0 aliphatic carbocycles. The first-order chi connectivity index (χ1) is 9.92. The summed E-state index contributed by atoms with van der Waals surface area (Å²) in [5.41, 5.74) is -0.955. The van der Waals surface area contributed by atoms with E-state index in [0.717, 1.165) is 12.1 Å². The highest BCUT2D eigenvalue weighted by Crippen LogP contribution is 2.10. The Bertz CT molecular complexity index is 590. The molecule has 0 saturated carbocycles. The summed E-state index contributed by atoms with van der Waals surface area (Å²) in [5.74, 6) is -4.31. The predicted molar refractivity (Wildman–Crippen MR) is 66.8 cm³/mol. The van der Waals surface area contributed by atoms with Crippen molar-refractivity contribution in [1.82, 2.24) is 4.90 Å². The molecule has 0 spiro atoms. The smallest absolute Gasteiger partial charge is 0.494 e. The number of hydrogen-bond donors (Lipinski definition) is 0. The molecule has 0 aromatic heterocycles. The summed E-state index contributed by atoms with van der Waals surface area (Å²) in [6.07, 6.45) is 0.146. The molecule has 1 heterocycles. The molecule has 0 N–H and O–H groups in total. The number of carbonyl (C=O) groups excluding carboxylic acids is 3. The van der Waals surface area contributed by atoms with Crippen LogP contribution in [0.3, 0.4) is 0 Å². The van der Waals surface area contributed by atoms with Crippen LogP contribution in [-0.4, -0.2) is 50.4 Å². The quantitative estimate of drug-likeness (QED) is 0.541. The summed E-state index contributed by atoms with van der Waals surface area (Å²) in [5, 5.41) is 0. The first-order valence-electron chi connectivity index (χ1n) is 5.93. The molecular formula is C12H10BF2NO5. The van der Waals surface area contributed by atoms with Crippen LogP contribution in [0, 0.1) is 11.6 Å². The second-order valence-electron chi connectivity index (χ2n) is 4.47. The van der Waals surface area contributed by atoms with Gasteiger partial charge in [-0.1, -0.05) is 6.07 Å². The molecule has 1 fully saturated rings. The monoisotopic (exact) mass is 297 g/mol.